The molecule has 2 rings (SSSR count). The summed E-state index contributed by atoms with van der Waals surface area (Å²) in [7, 11) is 0. The van der Waals surface area contributed by atoms with Gasteiger partial charge in [-0.3, -0.25) is 4.79 Å². The summed E-state index contributed by atoms with van der Waals surface area (Å²) >= 11 is 0. The largest absolute Gasteiger partial charge is 0.490 e. The minimum atomic E-state index is -0.472. The van der Waals surface area contributed by atoms with Gasteiger partial charge in [0.05, 0.1) is 12.7 Å². The van der Waals surface area contributed by atoms with E-state index in [9.17, 15) is 9.59 Å². The zero-order valence-electron chi connectivity index (χ0n) is 15.3. The van der Waals surface area contributed by atoms with Gasteiger partial charge in [-0.15, -0.1) is 0 Å². The van der Waals surface area contributed by atoms with E-state index in [-0.39, 0.29) is 44.4 Å². The van der Waals surface area contributed by atoms with Gasteiger partial charge < -0.3 is 18.9 Å². The van der Waals surface area contributed by atoms with Gasteiger partial charge in [0, 0.05) is 24.5 Å². The molecule has 0 saturated heterocycles. The number of hydrogen-bond acceptors (Lipinski definition) is 6. The maximum Gasteiger partial charge on any atom is 0.330 e. The van der Waals surface area contributed by atoms with Crippen molar-refractivity contribution in [3.8, 4) is 5.75 Å². The molecule has 0 fully saturated rings. The summed E-state index contributed by atoms with van der Waals surface area (Å²) in [6, 6.07) is 7.67. The quantitative estimate of drug-likeness (QED) is 0.357. The lowest BCUT2D eigenvalue weighted by atomic mass is 9.89. The molecule has 2 atom stereocenters. The summed E-state index contributed by atoms with van der Waals surface area (Å²) in [4.78, 5) is 21.9. The van der Waals surface area contributed by atoms with Gasteiger partial charge in [0.2, 0.25) is 0 Å². The Morgan fingerprint density at radius 1 is 1.04 bits per heavy atom. The molecule has 144 valence electrons. The summed E-state index contributed by atoms with van der Waals surface area (Å²) in [5, 5.41) is 0. The zero-order chi connectivity index (χ0) is 19.5. The van der Waals surface area contributed by atoms with Crippen LogP contribution in [-0.4, -0.2) is 44.5 Å². The molecule has 1 aliphatic rings. The predicted octanol–water partition coefficient (Wildman–Crippen LogP) is 2.95. The molecule has 0 heterocycles. The highest BCUT2D eigenvalue weighted by atomic mass is 16.6. The van der Waals surface area contributed by atoms with E-state index in [1.807, 2.05) is 48.6 Å². The fourth-order valence-electron chi connectivity index (χ4n) is 2.64. The molecule has 1 aromatic rings. The van der Waals surface area contributed by atoms with Gasteiger partial charge in [-0.1, -0.05) is 49.1 Å². The Hall–Kier alpha value is -2.86. The van der Waals surface area contributed by atoms with Crippen LogP contribution in [0.4, 0.5) is 0 Å². The molecule has 0 saturated carbocycles. The van der Waals surface area contributed by atoms with Gasteiger partial charge in [0.1, 0.15) is 25.6 Å². The maximum absolute atomic E-state index is 11.1. The van der Waals surface area contributed by atoms with Gasteiger partial charge in [-0.2, -0.15) is 0 Å². The summed E-state index contributed by atoms with van der Waals surface area (Å²) in [6.07, 6.45) is 8.77. The van der Waals surface area contributed by atoms with Crippen LogP contribution in [0.3, 0.4) is 0 Å². The van der Waals surface area contributed by atoms with Crippen LogP contribution in [0.15, 0.2) is 61.2 Å². The highest BCUT2D eigenvalue weighted by Crippen LogP contribution is 2.33. The minimum Gasteiger partial charge on any atom is -0.490 e. The molecule has 6 heteroatoms. The van der Waals surface area contributed by atoms with E-state index < -0.39 is 5.97 Å². The van der Waals surface area contributed by atoms with Crippen LogP contribution in [0.25, 0.3) is 0 Å². The van der Waals surface area contributed by atoms with Crippen molar-refractivity contribution in [2.45, 2.75) is 18.9 Å². The van der Waals surface area contributed by atoms with Crippen molar-refractivity contribution in [3.63, 3.8) is 0 Å². The molecular formula is C21H24O6. The Morgan fingerprint density at radius 2 is 1.78 bits per heavy atom. The van der Waals surface area contributed by atoms with Crippen LogP contribution in [-0.2, 0) is 23.8 Å². The number of allylic oxidation sites excluding steroid dienone is 2. The lowest BCUT2D eigenvalue weighted by Crippen LogP contribution is -2.23. The van der Waals surface area contributed by atoms with E-state index in [2.05, 4.69) is 6.58 Å². The molecule has 0 N–H and O–H groups in total. The van der Waals surface area contributed by atoms with Crippen molar-refractivity contribution >= 4 is 11.9 Å². The Kier molecular flexibility index (Phi) is 8.32. The molecular weight excluding hydrogens is 348 g/mol. The molecule has 2 unspecified atom stereocenters. The second-order valence-corrected chi connectivity index (χ2v) is 5.73. The van der Waals surface area contributed by atoms with Crippen molar-refractivity contribution < 1.29 is 28.5 Å². The summed E-state index contributed by atoms with van der Waals surface area (Å²) in [5.41, 5.74) is 0.967. The molecule has 27 heavy (non-hydrogen) atoms. The molecule has 0 aromatic heterocycles. The third-order valence-corrected chi connectivity index (χ3v) is 3.81. The third-order valence-electron chi connectivity index (χ3n) is 3.81. The van der Waals surface area contributed by atoms with Crippen LogP contribution >= 0.6 is 0 Å². The number of carbonyl (C=O) groups is 2. The van der Waals surface area contributed by atoms with Crippen molar-refractivity contribution in [2.24, 2.45) is 0 Å². The zero-order valence-corrected chi connectivity index (χ0v) is 15.3. The van der Waals surface area contributed by atoms with Crippen LogP contribution < -0.4 is 4.74 Å². The van der Waals surface area contributed by atoms with E-state index in [0.717, 1.165) is 11.6 Å². The van der Waals surface area contributed by atoms with Crippen molar-refractivity contribution in [2.75, 3.05) is 26.4 Å². The number of esters is 2. The van der Waals surface area contributed by atoms with E-state index >= 15 is 0 Å². The second-order valence-electron chi connectivity index (χ2n) is 5.73. The molecule has 0 bridgehead atoms. The van der Waals surface area contributed by atoms with E-state index in [1.54, 1.807) is 0 Å². The molecule has 1 aliphatic carbocycles. The second kappa shape index (κ2) is 11.0. The Labute approximate surface area is 159 Å². The molecule has 6 nitrogen and oxygen atoms in total. The van der Waals surface area contributed by atoms with Crippen molar-refractivity contribution in [1.82, 2.24) is 0 Å². The fraction of sp³-hybridized carbons (Fsp3) is 0.333. The van der Waals surface area contributed by atoms with Gasteiger partial charge in [-0.05, 0) is 6.07 Å². The standard InChI is InChI=1S/C21H24O6/c1-3-21(23)27-15-14-26-20-11-7-5-9-18(20)17-8-4-6-10-19(17)25-13-12-24-16(2)22/h3-11,18,20H,1,12-15H2,2H3. The fourth-order valence-corrected chi connectivity index (χ4v) is 2.64. The van der Waals surface area contributed by atoms with Crippen molar-refractivity contribution in [1.29, 1.82) is 0 Å². The van der Waals surface area contributed by atoms with E-state index in [1.165, 1.54) is 6.92 Å². The first-order chi connectivity index (χ1) is 13.1. The number of carbonyl (C=O) groups excluding carboxylic acids is 2. The van der Waals surface area contributed by atoms with E-state index in [4.69, 9.17) is 18.9 Å². The number of rotatable bonds is 10. The monoisotopic (exact) mass is 372 g/mol. The smallest absolute Gasteiger partial charge is 0.330 e. The first kappa shape index (κ1) is 20.5. The maximum atomic E-state index is 11.1. The highest BCUT2D eigenvalue weighted by molar-refractivity contribution is 5.81. The summed E-state index contributed by atoms with van der Waals surface area (Å²) < 4.78 is 21.5. The van der Waals surface area contributed by atoms with Crippen LogP contribution in [0.5, 0.6) is 5.75 Å². The predicted molar refractivity (Wildman–Crippen MR) is 100 cm³/mol. The Morgan fingerprint density at radius 3 is 2.56 bits per heavy atom. The summed E-state index contributed by atoms with van der Waals surface area (Å²) in [5.74, 6) is -0.144. The van der Waals surface area contributed by atoms with E-state index in [0.29, 0.717) is 5.75 Å². The number of benzene rings is 1. The van der Waals surface area contributed by atoms with Gasteiger partial charge in [-0.25, -0.2) is 4.79 Å². The van der Waals surface area contributed by atoms with Gasteiger partial charge in [0.25, 0.3) is 0 Å². The number of hydrogen-bond donors (Lipinski definition) is 0. The Bertz CT molecular complexity index is 706. The lowest BCUT2D eigenvalue weighted by molar-refractivity contribution is -0.142. The number of para-hydroxylation sites is 1. The van der Waals surface area contributed by atoms with Crippen molar-refractivity contribution in [3.05, 3.63) is 66.8 Å². The lowest BCUT2D eigenvalue weighted by Gasteiger charge is -2.26. The molecule has 1 aromatic carbocycles. The highest BCUT2D eigenvalue weighted by Gasteiger charge is 2.24. The first-order valence-electron chi connectivity index (χ1n) is 8.72. The van der Waals surface area contributed by atoms with Crippen LogP contribution in [0.1, 0.15) is 18.4 Å². The normalized spacial score (nSPS) is 18.0. The SMILES string of the molecule is C=CC(=O)OCCOC1C=CC=CC1c1ccccc1OCCOC(C)=O. The molecule has 0 amide bonds. The third kappa shape index (κ3) is 6.75. The summed E-state index contributed by atoms with van der Waals surface area (Å²) in [6.45, 7) is 5.61. The average molecular weight is 372 g/mol. The van der Waals surface area contributed by atoms with Gasteiger partial charge >= 0.3 is 11.9 Å². The van der Waals surface area contributed by atoms with Crippen LogP contribution in [0, 0.1) is 0 Å². The Balaban J connectivity index is 1.98. The molecule has 0 radical (unpaired) electrons. The average Bonchev–Trinajstić information content (AvgIpc) is 2.69. The molecule has 0 spiro atoms. The topological polar surface area (TPSA) is 71.1 Å². The minimum absolute atomic E-state index is 0.0463. The van der Waals surface area contributed by atoms with Gasteiger partial charge in [0.15, 0.2) is 0 Å². The molecule has 0 aliphatic heterocycles. The first-order valence-corrected chi connectivity index (χ1v) is 8.72. The number of ether oxygens (including phenoxy) is 4. The van der Waals surface area contributed by atoms with Crippen LogP contribution in [0.2, 0.25) is 0 Å².